The molecule has 0 spiro atoms. The van der Waals surface area contributed by atoms with Crippen molar-refractivity contribution in [1.82, 2.24) is 4.90 Å². The summed E-state index contributed by atoms with van der Waals surface area (Å²) >= 11 is 0.815. The number of amides is 2. The lowest BCUT2D eigenvalue weighted by atomic mass is 10.1. The van der Waals surface area contributed by atoms with Gasteiger partial charge in [-0.3, -0.25) is 19.3 Å². The number of thioether (sulfide) groups is 1. The maximum absolute atomic E-state index is 12.3. The lowest BCUT2D eigenvalue weighted by Crippen LogP contribution is -2.34. The zero-order chi connectivity index (χ0) is 17.0. The lowest BCUT2D eigenvalue weighted by Gasteiger charge is -2.10. The Labute approximate surface area is 138 Å². The molecule has 0 aromatic heterocycles. The Hall–Kier alpha value is -2.28. The molecule has 1 heterocycles. The van der Waals surface area contributed by atoms with Crippen LogP contribution in [0.15, 0.2) is 23.1 Å². The molecule has 0 unspecified atom stereocenters. The SMILES string of the molecule is CCOC(=O)CN1C(=O)S/C(=C\c2ccc(OC)cc2C)C1=O. The first kappa shape index (κ1) is 17.1. The average molecular weight is 335 g/mol. The van der Waals surface area contributed by atoms with Crippen molar-refractivity contribution < 1.29 is 23.9 Å². The van der Waals surface area contributed by atoms with Crippen LogP contribution in [0.1, 0.15) is 18.1 Å². The van der Waals surface area contributed by atoms with E-state index >= 15 is 0 Å². The molecule has 1 fully saturated rings. The molecule has 7 heteroatoms. The Morgan fingerprint density at radius 2 is 2.09 bits per heavy atom. The lowest BCUT2D eigenvalue weighted by molar-refractivity contribution is -0.145. The normalized spacial score (nSPS) is 16.1. The van der Waals surface area contributed by atoms with Gasteiger partial charge in [0.1, 0.15) is 12.3 Å². The van der Waals surface area contributed by atoms with Gasteiger partial charge in [0.05, 0.1) is 18.6 Å². The second-order valence-corrected chi connectivity index (χ2v) is 5.79. The third kappa shape index (κ3) is 3.92. The average Bonchev–Trinajstić information content (AvgIpc) is 2.77. The van der Waals surface area contributed by atoms with Gasteiger partial charge in [0, 0.05) is 0 Å². The van der Waals surface area contributed by atoms with Crippen LogP contribution in [0, 0.1) is 6.92 Å². The minimum absolute atomic E-state index is 0.204. The Morgan fingerprint density at radius 3 is 2.70 bits per heavy atom. The highest BCUT2D eigenvalue weighted by Crippen LogP contribution is 2.33. The van der Waals surface area contributed by atoms with Gasteiger partial charge in [0.2, 0.25) is 0 Å². The van der Waals surface area contributed by atoms with Gasteiger partial charge in [-0.05, 0) is 54.9 Å². The quantitative estimate of drug-likeness (QED) is 0.608. The summed E-state index contributed by atoms with van der Waals surface area (Å²) in [5, 5.41) is -0.472. The molecule has 1 saturated heterocycles. The number of methoxy groups -OCH3 is 1. The number of benzene rings is 1. The maximum atomic E-state index is 12.3. The number of ether oxygens (including phenoxy) is 2. The Bertz CT molecular complexity index is 683. The largest absolute Gasteiger partial charge is 0.497 e. The molecule has 122 valence electrons. The van der Waals surface area contributed by atoms with Crippen LogP contribution in [-0.2, 0) is 14.3 Å². The van der Waals surface area contributed by atoms with Crippen LogP contribution in [0.25, 0.3) is 6.08 Å². The number of imide groups is 1. The van der Waals surface area contributed by atoms with Crippen molar-refractivity contribution in [1.29, 1.82) is 0 Å². The molecule has 1 aromatic carbocycles. The number of aryl methyl sites for hydroxylation is 1. The van der Waals surface area contributed by atoms with Crippen molar-refractivity contribution >= 4 is 35.0 Å². The molecule has 0 bridgehead atoms. The van der Waals surface area contributed by atoms with Gasteiger partial charge in [-0.25, -0.2) is 0 Å². The summed E-state index contributed by atoms with van der Waals surface area (Å²) in [5.74, 6) is -0.366. The Morgan fingerprint density at radius 1 is 1.35 bits per heavy atom. The molecule has 23 heavy (non-hydrogen) atoms. The molecule has 1 aliphatic rings. The zero-order valence-electron chi connectivity index (χ0n) is 13.1. The third-order valence-corrected chi connectivity index (χ3v) is 4.14. The number of rotatable bonds is 5. The minimum atomic E-state index is -0.600. The molecule has 2 rings (SSSR count). The van der Waals surface area contributed by atoms with E-state index in [2.05, 4.69) is 0 Å². The number of hydrogen-bond acceptors (Lipinski definition) is 6. The topological polar surface area (TPSA) is 72.9 Å². The summed E-state index contributed by atoms with van der Waals surface area (Å²) in [4.78, 5) is 36.8. The van der Waals surface area contributed by atoms with E-state index in [1.807, 2.05) is 19.1 Å². The Kier molecular flexibility index (Phi) is 5.44. The highest BCUT2D eigenvalue weighted by Gasteiger charge is 2.36. The molecule has 0 radical (unpaired) electrons. The molecular formula is C16H17NO5S. The van der Waals surface area contributed by atoms with Crippen LogP contribution in [0.2, 0.25) is 0 Å². The second-order valence-electron chi connectivity index (χ2n) is 4.80. The third-order valence-electron chi connectivity index (χ3n) is 3.23. The molecule has 0 aliphatic carbocycles. The summed E-state index contributed by atoms with van der Waals surface area (Å²) in [7, 11) is 1.58. The number of hydrogen-bond donors (Lipinski definition) is 0. The van der Waals surface area contributed by atoms with Crippen LogP contribution in [0.3, 0.4) is 0 Å². The van der Waals surface area contributed by atoms with Crippen LogP contribution in [-0.4, -0.2) is 42.3 Å². The first-order valence-corrected chi connectivity index (χ1v) is 7.83. The zero-order valence-corrected chi connectivity index (χ0v) is 13.9. The first-order valence-electron chi connectivity index (χ1n) is 7.02. The molecular weight excluding hydrogens is 318 g/mol. The molecule has 0 N–H and O–H groups in total. The van der Waals surface area contributed by atoms with Gasteiger partial charge < -0.3 is 9.47 Å². The van der Waals surface area contributed by atoms with E-state index in [1.165, 1.54) is 0 Å². The van der Waals surface area contributed by atoms with E-state index in [4.69, 9.17) is 9.47 Å². The van der Waals surface area contributed by atoms with Gasteiger partial charge in [-0.2, -0.15) is 0 Å². The van der Waals surface area contributed by atoms with E-state index in [0.717, 1.165) is 33.5 Å². The van der Waals surface area contributed by atoms with Crippen LogP contribution >= 0.6 is 11.8 Å². The highest BCUT2D eigenvalue weighted by atomic mass is 32.2. The highest BCUT2D eigenvalue weighted by molar-refractivity contribution is 8.18. The molecule has 0 atom stereocenters. The van der Waals surface area contributed by atoms with Crippen molar-refractivity contribution in [2.75, 3.05) is 20.3 Å². The van der Waals surface area contributed by atoms with E-state index in [1.54, 1.807) is 26.2 Å². The molecule has 1 aliphatic heterocycles. The smallest absolute Gasteiger partial charge is 0.326 e. The van der Waals surface area contributed by atoms with E-state index in [-0.39, 0.29) is 18.1 Å². The van der Waals surface area contributed by atoms with Crippen LogP contribution in [0.5, 0.6) is 5.75 Å². The van der Waals surface area contributed by atoms with Crippen LogP contribution < -0.4 is 4.74 Å². The number of carbonyl (C=O) groups excluding carboxylic acids is 3. The van der Waals surface area contributed by atoms with E-state index in [9.17, 15) is 14.4 Å². The monoisotopic (exact) mass is 335 g/mol. The molecule has 6 nitrogen and oxygen atoms in total. The predicted octanol–water partition coefficient (Wildman–Crippen LogP) is 2.60. The van der Waals surface area contributed by atoms with Crippen molar-refractivity contribution in [2.45, 2.75) is 13.8 Å². The first-order chi connectivity index (χ1) is 11.0. The summed E-state index contributed by atoms with van der Waals surface area (Å²) in [6.45, 7) is 3.39. The maximum Gasteiger partial charge on any atom is 0.326 e. The van der Waals surface area contributed by atoms with Gasteiger partial charge >= 0.3 is 5.97 Å². The van der Waals surface area contributed by atoms with Crippen molar-refractivity contribution in [3.05, 3.63) is 34.2 Å². The van der Waals surface area contributed by atoms with Crippen LogP contribution in [0.4, 0.5) is 4.79 Å². The van der Waals surface area contributed by atoms with Gasteiger partial charge in [0.25, 0.3) is 11.1 Å². The minimum Gasteiger partial charge on any atom is -0.497 e. The van der Waals surface area contributed by atoms with E-state index < -0.39 is 17.1 Å². The number of esters is 1. The molecule has 0 saturated carbocycles. The van der Waals surface area contributed by atoms with Gasteiger partial charge in [-0.1, -0.05) is 6.07 Å². The van der Waals surface area contributed by atoms with Gasteiger partial charge in [-0.15, -0.1) is 0 Å². The van der Waals surface area contributed by atoms with E-state index in [0.29, 0.717) is 0 Å². The fourth-order valence-corrected chi connectivity index (χ4v) is 2.88. The van der Waals surface area contributed by atoms with Crippen molar-refractivity contribution in [3.63, 3.8) is 0 Å². The Balaban J connectivity index is 2.20. The standard InChI is InChI=1S/C16H17NO5S/c1-4-22-14(18)9-17-15(19)13(23-16(17)20)8-11-5-6-12(21-3)7-10(11)2/h5-8H,4,9H2,1-3H3/b13-8-. The second kappa shape index (κ2) is 7.32. The summed E-state index contributed by atoms with van der Waals surface area (Å²) in [5.41, 5.74) is 1.73. The number of nitrogens with zero attached hydrogens (tertiary/aromatic N) is 1. The summed E-state index contributed by atoms with van der Waals surface area (Å²) < 4.78 is 9.91. The number of carbonyl (C=O) groups is 3. The summed E-state index contributed by atoms with van der Waals surface area (Å²) in [6, 6.07) is 5.43. The fraction of sp³-hybridized carbons (Fsp3) is 0.312. The van der Waals surface area contributed by atoms with Crippen molar-refractivity contribution in [2.24, 2.45) is 0 Å². The predicted molar refractivity (Wildman–Crippen MR) is 87.0 cm³/mol. The fourth-order valence-electron chi connectivity index (χ4n) is 2.05. The van der Waals surface area contributed by atoms with Crippen molar-refractivity contribution in [3.8, 4) is 5.75 Å². The molecule has 1 aromatic rings. The molecule has 2 amide bonds. The van der Waals surface area contributed by atoms with Gasteiger partial charge in [0.15, 0.2) is 0 Å². The summed E-state index contributed by atoms with van der Waals surface area (Å²) in [6.07, 6.45) is 1.64.